The fourth-order valence-corrected chi connectivity index (χ4v) is 3.72. The highest BCUT2D eigenvalue weighted by Gasteiger charge is 2.39. The molecule has 1 N–H and O–H groups in total. The lowest BCUT2D eigenvalue weighted by Gasteiger charge is -2.30. The normalized spacial score (nSPS) is 16.1. The highest BCUT2D eigenvalue weighted by Crippen LogP contribution is 2.33. The molecule has 2 aromatic carbocycles. The maximum Gasteiger partial charge on any atom is 0.573 e. The van der Waals surface area contributed by atoms with Crippen LogP contribution in [-0.2, 0) is 0 Å². The summed E-state index contributed by atoms with van der Waals surface area (Å²) in [6.07, 6.45) is -8.27. The first kappa shape index (κ1) is 24.0. The van der Waals surface area contributed by atoms with Crippen LogP contribution >= 0.6 is 0 Å². The first-order valence-electron chi connectivity index (χ1n) is 10.1. The number of aliphatic hydroxyl groups is 1. The third-order valence-electron chi connectivity index (χ3n) is 5.18. The number of hydrogen-bond donors (Lipinski definition) is 1. The van der Waals surface area contributed by atoms with Gasteiger partial charge in [-0.3, -0.25) is 0 Å². The van der Waals surface area contributed by atoms with E-state index in [0.717, 1.165) is 37.8 Å². The van der Waals surface area contributed by atoms with Crippen LogP contribution in [0.3, 0.4) is 0 Å². The predicted octanol–water partition coefficient (Wildman–Crippen LogP) is 6.30. The lowest BCUT2D eigenvalue weighted by atomic mass is 10.1. The molecule has 0 spiro atoms. The van der Waals surface area contributed by atoms with E-state index in [1.165, 1.54) is 29.2 Å². The van der Waals surface area contributed by atoms with Crippen molar-refractivity contribution in [2.24, 2.45) is 5.92 Å². The van der Waals surface area contributed by atoms with Crippen molar-refractivity contribution >= 4 is 5.69 Å². The van der Waals surface area contributed by atoms with Gasteiger partial charge in [-0.15, -0.1) is 13.2 Å². The Kier molecular flexibility index (Phi) is 7.43. The number of alkyl halides is 6. The summed E-state index contributed by atoms with van der Waals surface area (Å²) in [6.45, 7) is -0.274. The molecule has 32 heavy (non-hydrogen) atoms. The molecule has 176 valence electrons. The van der Waals surface area contributed by atoms with Crippen LogP contribution in [0.5, 0.6) is 17.2 Å². The first-order valence-corrected chi connectivity index (χ1v) is 10.1. The molecule has 1 saturated carbocycles. The van der Waals surface area contributed by atoms with Crippen molar-refractivity contribution in [3.05, 3.63) is 48.5 Å². The van der Waals surface area contributed by atoms with Crippen LogP contribution in [0.1, 0.15) is 25.7 Å². The minimum absolute atomic E-state index is 0.0709. The van der Waals surface area contributed by atoms with Gasteiger partial charge in [0.1, 0.15) is 17.2 Å². The standard InChI is InChI=1S/C22H23F6NO3/c23-21(24,25)20(30)14-29(13-15-5-1-2-6-15)16-7-3-8-17(11-16)31-18-9-4-10-19(12-18)32-22(26,27)28/h3-4,7-12,15,20,30H,1-2,5-6,13-14H2. The Bertz CT molecular complexity index is 880. The van der Waals surface area contributed by atoms with Crippen LogP contribution in [-0.4, -0.2) is 36.8 Å². The molecule has 0 bridgehead atoms. The number of hydrogen-bond acceptors (Lipinski definition) is 4. The molecule has 0 radical (unpaired) electrons. The van der Waals surface area contributed by atoms with Gasteiger partial charge in [0.15, 0.2) is 6.10 Å². The lowest BCUT2D eigenvalue weighted by Crippen LogP contribution is -2.42. The zero-order valence-corrected chi connectivity index (χ0v) is 17.0. The van der Waals surface area contributed by atoms with Crippen LogP contribution in [0, 0.1) is 5.92 Å². The van der Waals surface area contributed by atoms with Gasteiger partial charge in [-0.25, -0.2) is 0 Å². The number of nitrogens with zero attached hydrogens (tertiary/aromatic N) is 1. The fourth-order valence-electron chi connectivity index (χ4n) is 3.72. The summed E-state index contributed by atoms with van der Waals surface area (Å²) in [6, 6.07) is 11.1. The first-order chi connectivity index (χ1) is 15.0. The van der Waals surface area contributed by atoms with E-state index < -0.39 is 30.9 Å². The number of benzene rings is 2. The van der Waals surface area contributed by atoms with Crippen molar-refractivity contribution in [3.63, 3.8) is 0 Å². The SMILES string of the molecule is OC(CN(CC1CCCC1)c1cccc(Oc2cccc(OC(F)(F)F)c2)c1)C(F)(F)F. The van der Waals surface area contributed by atoms with E-state index in [9.17, 15) is 31.4 Å². The average Bonchev–Trinajstić information content (AvgIpc) is 3.19. The van der Waals surface area contributed by atoms with E-state index in [2.05, 4.69) is 4.74 Å². The quantitative estimate of drug-likeness (QED) is 0.467. The molecule has 3 rings (SSSR count). The molecular formula is C22H23F6NO3. The van der Waals surface area contributed by atoms with Gasteiger partial charge in [0.05, 0.1) is 6.54 Å². The Morgan fingerprint density at radius 3 is 2.12 bits per heavy atom. The zero-order chi connectivity index (χ0) is 23.4. The Balaban J connectivity index is 1.78. The van der Waals surface area contributed by atoms with Crippen molar-refractivity contribution in [1.82, 2.24) is 0 Å². The van der Waals surface area contributed by atoms with Gasteiger partial charge < -0.3 is 19.5 Å². The Labute approximate surface area is 181 Å². The van der Waals surface area contributed by atoms with Crippen LogP contribution < -0.4 is 14.4 Å². The van der Waals surface area contributed by atoms with Crippen molar-refractivity contribution < 1.29 is 40.9 Å². The van der Waals surface area contributed by atoms with Crippen LogP contribution in [0.15, 0.2) is 48.5 Å². The lowest BCUT2D eigenvalue weighted by molar-refractivity contribution is -0.274. The number of anilines is 1. The zero-order valence-electron chi connectivity index (χ0n) is 17.0. The van der Waals surface area contributed by atoms with E-state index in [-0.39, 0.29) is 17.4 Å². The maximum atomic E-state index is 13.0. The van der Waals surface area contributed by atoms with Gasteiger partial charge >= 0.3 is 12.5 Å². The van der Waals surface area contributed by atoms with Gasteiger partial charge in [-0.1, -0.05) is 25.0 Å². The molecule has 0 aliphatic heterocycles. The molecular weight excluding hydrogens is 440 g/mol. The molecule has 4 nitrogen and oxygen atoms in total. The largest absolute Gasteiger partial charge is 0.573 e. The minimum Gasteiger partial charge on any atom is -0.457 e. The van der Waals surface area contributed by atoms with Crippen LogP contribution in [0.2, 0.25) is 0 Å². The van der Waals surface area contributed by atoms with E-state index in [0.29, 0.717) is 12.2 Å². The smallest absolute Gasteiger partial charge is 0.457 e. The van der Waals surface area contributed by atoms with Gasteiger partial charge in [-0.05, 0) is 43.0 Å². The monoisotopic (exact) mass is 463 g/mol. The molecule has 0 saturated heterocycles. The highest BCUT2D eigenvalue weighted by atomic mass is 19.4. The molecule has 0 aromatic heterocycles. The van der Waals surface area contributed by atoms with Gasteiger partial charge in [0.2, 0.25) is 0 Å². The Morgan fingerprint density at radius 2 is 1.50 bits per heavy atom. The molecule has 1 aliphatic rings. The van der Waals surface area contributed by atoms with Crippen molar-refractivity contribution in [2.75, 3.05) is 18.0 Å². The summed E-state index contributed by atoms with van der Waals surface area (Å²) < 4.78 is 85.7. The summed E-state index contributed by atoms with van der Waals surface area (Å²) >= 11 is 0. The summed E-state index contributed by atoms with van der Waals surface area (Å²) in [5, 5.41) is 9.62. The molecule has 1 fully saturated rings. The molecule has 1 unspecified atom stereocenters. The topological polar surface area (TPSA) is 41.9 Å². The number of ether oxygens (including phenoxy) is 2. The fraction of sp³-hybridized carbons (Fsp3) is 0.455. The van der Waals surface area contributed by atoms with Gasteiger partial charge in [0, 0.05) is 24.4 Å². The second-order valence-electron chi connectivity index (χ2n) is 7.73. The van der Waals surface area contributed by atoms with E-state index in [1.807, 2.05) is 0 Å². The summed E-state index contributed by atoms with van der Waals surface area (Å²) in [7, 11) is 0. The second kappa shape index (κ2) is 9.89. The van der Waals surface area contributed by atoms with Crippen LogP contribution in [0.4, 0.5) is 32.0 Å². The molecule has 0 heterocycles. The number of halogens is 6. The summed E-state index contributed by atoms with van der Waals surface area (Å²) in [5.74, 6) is 0.0599. The number of aliphatic hydroxyl groups excluding tert-OH is 1. The van der Waals surface area contributed by atoms with E-state index in [1.54, 1.807) is 12.1 Å². The van der Waals surface area contributed by atoms with Crippen molar-refractivity contribution in [1.29, 1.82) is 0 Å². The molecule has 0 amide bonds. The van der Waals surface area contributed by atoms with E-state index >= 15 is 0 Å². The van der Waals surface area contributed by atoms with E-state index in [4.69, 9.17) is 4.74 Å². The molecule has 1 atom stereocenters. The Hall–Kier alpha value is -2.62. The van der Waals surface area contributed by atoms with Gasteiger partial charge in [-0.2, -0.15) is 13.2 Å². The van der Waals surface area contributed by atoms with Crippen LogP contribution in [0.25, 0.3) is 0 Å². The second-order valence-corrected chi connectivity index (χ2v) is 7.73. The third-order valence-corrected chi connectivity index (χ3v) is 5.18. The Morgan fingerprint density at radius 1 is 0.906 bits per heavy atom. The highest BCUT2D eigenvalue weighted by molar-refractivity contribution is 5.52. The minimum atomic E-state index is -4.85. The average molecular weight is 463 g/mol. The molecule has 2 aromatic rings. The summed E-state index contributed by atoms with van der Waals surface area (Å²) in [4.78, 5) is 1.48. The molecule has 10 heteroatoms. The third kappa shape index (κ3) is 7.22. The van der Waals surface area contributed by atoms with Crippen molar-refractivity contribution in [3.8, 4) is 17.2 Å². The predicted molar refractivity (Wildman–Crippen MR) is 106 cm³/mol. The van der Waals surface area contributed by atoms with Crippen molar-refractivity contribution in [2.45, 2.75) is 44.3 Å². The summed E-state index contributed by atoms with van der Waals surface area (Å²) in [5.41, 5.74) is 0.417. The molecule has 1 aliphatic carbocycles. The maximum absolute atomic E-state index is 13.0. The van der Waals surface area contributed by atoms with Gasteiger partial charge in [0.25, 0.3) is 0 Å². The number of rotatable bonds is 8.